The molecule has 0 radical (unpaired) electrons. The van der Waals surface area contributed by atoms with E-state index < -0.39 is 51.8 Å². The second-order valence-electron chi connectivity index (χ2n) is 6.63. The number of nitro groups is 2. The van der Waals surface area contributed by atoms with Crippen LogP contribution in [0.4, 0.5) is 28.4 Å². The molecule has 13 nitrogen and oxygen atoms in total. The molecule has 0 fully saturated rings. The van der Waals surface area contributed by atoms with Gasteiger partial charge in [-0.25, -0.2) is 8.42 Å². The minimum absolute atomic E-state index is 0.0139. The molecule has 0 aromatic heterocycles. The Balaban J connectivity index is 2.30. The Morgan fingerprint density at radius 1 is 1.09 bits per heavy atom. The zero-order valence-electron chi connectivity index (χ0n) is 16.7. The number of phenols is 1. The first-order chi connectivity index (χ1) is 15.8. The molecule has 1 amide bonds. The third-order valence-corrected chi connectivity index (χ3v) is 5.95. The van der Waals surface area contributed by atoms with Gasteiger partial charge in [0, 0.05) is 34.4 Å². The first kappa shape index (κ1) is 24.8. The molecule has 0 atom stereocenters. The molecular weight excluding hydrogens is 517 g/mol. The Kier molecular flexibility index (Phi) is 6.67. The lowest BCUT2D eigenvalue weighted by atomic mass is 10.1. The molecule has 176 valence electrons. The van der Waals surface area contributed by atoms with Crippen LogP contribution in [-0.4, -0.2) is 29.3 Å². The van der Waals surface area contributed by atoms with E-state index in [1.54, 1.807) is 0 Å². The Labute approximate surface area is 199 Å². The maximum Gasteiger partial charge on any atom is 0.305 e. The lowest BCUT2D eigenvalue weighted by Crippen LogP contribution is -2.07. The van der Waals surface area contributed by atoms with E-state index in [0.717, 1.165) is 25.1 Å². The molecule has 0 aliphatic heterocycles. The summed E-state index contributed by atoms with van der Waals surface area (Å²) in [6, 6.07) is 5.98. The van der Waals surface area contributed by atoms with Crippen LogP contribution in [-0.2, 0) is 13.8 Å². The summed E-state index contributed by atoms with van der Waals surface area (Å²) in [7, 11) is 1.15. The topological polar surface area (TPSA) is 194 Å². The van der Waals surface area contributed by atoms with Crippen LogP contribution in [0, 0.1) is 20.2 Å². The summed E-state index contributed by atoms with van der Waals surface area (Å²) >= 11 is 5.95. The Morgan fingerprint density at radius 2 is 1.76 bits per heavy atom. The number of anilines is 1. The maximum atomic E-state index is 11.9. The van der Waals surface area contributed by atoms with Crippen molar-refractivity contribution in [3.05, 3.63) is 61.6 Å². The predicted molar refractivity (Wildman–Crippen MR) is 122 cm³/mol. The molecular formula is C18H11Cl2N5O8S. The van der Waals surface area contributed by atoms with Gasteiger partial charge in [0.25, 0.3) is 14.7 Å². The third-order valence-electron chi connectivity index (χ3n) is 4.33. The van der Waals surface area contributed by atoms with Gasteiger partial charge < -0.3 is 10.4 Å². The van der Waals surface area contributed by atoms with Crippen molar-refractivity contribution in [1.29, 1.82) is 0 Å². The van der Waals surface area contributed by atoms with Crippen molar-refractivity contribution in [3.63, 3.8) is 0 Å². The summed E-state index contributed by atoms with van der Waals surface area (Å²) in [5, 5.41) is 42.2. The zero-order valence-corrected chi connectivity index (χ0v) is 19.1. The van der Waals surface area contributed by atoms with Crippen molar-refractivity contribution >= 4 is 76.5 Å². The number of carbonyl (C=O) groups is 1. The van der Waals surface area contributed by atoms with Crippen LogP contribution in [0.25, 0.3) is 10.8 Å². The Hall–Kier alpha value is -3.88. The van der Waals surface area contributed by atoms with Gasteiger partial charge >= 0.3 is 5.69 Å². The van der Waals surface area contributed by atoms with Crippen LogP contribution in [0.1, 0.15) is 6.92 Å². The Morgan fingerprint density at radius 3 is 2.32 bits per heavy atom. The van der Waals surface area contributed by atoms with E-state index >= 15 is 0 Å². The number of nitro benzene ring substituents is 2. The molecule has 0 unspecified atom stereocenters. The number of azo groups is 1. The summed E-state index contributed by atoms with van der Waals surface area (Å²) < 4.78 is 23.9. The summed E-state index contributed by atoms with van der Waals surface area (Å²) in [6.45, 7) is 1.16. The van der Waals surface area contributed by atoms with Crippen molar-refractivity contribution in [3.8, 4) is 5.75 Å². The van der Waals surface area contributed by atoms with E-state index in [1.807, 2.05) is 0 Å². The average molecular weight is 528 g/mol. The summed E-state index contributed by atoms with van der Waals surface area (Å²) in [6.07, 6.45) is 0. The van der Waals surface area contributed by atoms with E-state index in [9.17, 15) is 38.5 Å². The minimum Gasteiger partial charge on any atom is -0.507 e. The molecule has 2 N–H and O–H groups in total. The van der Waals surface area contributed by atoms with Gasteiger partial charge in [-0.3, -0.25) is 25.0 Å². The van der Waals surface area contributed by atoms with Crippen LogP contribution in [0.15, 0.2) is 51.5 Å². The van der Waals surface area contributed by atoms with Crippen molar-refractivity contribution in [1.82, 2.24) is 0 Å². The quantitative estimate of drug-likeness (QED) is 0.186. The van der Waals surface area contributed by atoms with E-state index in [1.165, 1.54) is 12.1 Å². The molecule has 0 spiro atoms. The van der Waals surface area contributed by atoms with Crippen LogP contribution >= 0.6 is 22.3 Å². The van der Waals surface area contributed by atoms with Gasteiger partial charge in [-0.2, -0.15) is 0 Å². The first-order valence-corrected chi connectivity index (χ1v) is 11.5. The number of phenolic OH excluding ortho intramolecular Hbond substituents is 1. The number of nitrogens with zero attached hydrogens (tertiary/aromatic N) is 4. The molecule has 3 aromatic rings. The normalized spacial score (nSPS) is 11.6. The third kappa shape index (κ3) is 5.03. The number of amides is 1. The lowest BCUT2D eigenvalue weighted by Gasteiger charge is -2.12. The fourth-order valence-electron chi connectivity index (χ4n) is 2.96. The van der Waals surface area contributed by atoms with E-state index in [4.69, 9.17) is 22.3 Å². The van der Waals surface area contributed by atoms with Gasteiger partial charge in [0.15, 0.2) is 5.69 Å². The van der Waals surface area contributed by atoms with Crippen molar-refractivity contribution in [2.45, 2.75) is 11.8 Å². The molecule has 0 bridgehead atoms. The number of fused-ring (bicyclic) bond motifs is 1. The highest BCUT2D eigenvalue weighted by Crippen LogP contribution is 2.43. The molecule has 34 heavy (non-hydrogen) atoms. The number of carbonyl (C=O) groups excluding carboxylic acids is 1. The van der Waals surface area contributed by atoms with Crippen molar-refractivity contribution < 1.29 is 28.2 Å². The van der Waals surface area contributed by atoms with E-state index in [-0.39, 0.29) is 27.9 Å². The molecule has 0 saturated heterocycles. The molecule has 3 rings (SSSR count). The molecule has 0 heterocycles. The van der Waals surface area contributed by atoms with E-state index in [2.05, 4.69) is 15.5 Å². The number of rotatable bonds is 6. The zero-order chi connectivity index (χ0) is 25.4. The average Bonchev–Trinajstić information content (AvgIpc) is 2.72. The summed E-state index contributed by atoms with van der Waals surface area (Å²) in [4.78, 5) is 31.7. The van der Waals surface area contributed by atoms with Gasteiger partial charge in [0.1, 0.15) is 5.75 Å². The summed E-state index contributed by atoms with van der Waals surface area (Å²) in [5.74, 6) is -0.930. The van der Waals surface area contributed by atoms with Crippen LogP contribution < -0.4 is 5.32 Å². The fourth-order valence-corrected chi connectivity index (χ4v) is 3.99. The number of hydrogen-bond donors (Lipinski definition) is 2. The molecule has 3 aromatic carbocycles. The highest BCUT2D eigenvalue weighted by molar-refractivity contribution is 8.13. The highest BCUT2D eigenvalue weighted by Gasteiger charge is 2.24. The van der Waals surface area contributed by atoms with Crippen molar-refractivity contribution in [2.24, 2.45) is 10.2 Å². The number of non-ortho nitro benzene ring substituents is 1. The Bertz CT molecular complexity index is 1520. The number of nitrogens with one attached hydrogen (secondary N) is 1. The molecule has 0 aliphatic rings. The minimum atomic E-state index is -4.29. The molecule has 0 saturated carbocycles. The first-order valence-electron chi connectivity index (χ1n) is 8.85. The highest BCUT2D eigenvalue weighted by atomic mass is 35.7. The standard InChI is InChI=1S/C18H11Cl2N5O8S/c1-8(26)21-14-7-10(34(20,32)33)6-11-13(2-3-16(27)17(11)14)22-23-18-12(19)4-9(24(28)29)5-15(18)25(30)31/h2-7,27H,1H3,(H,21,26)/b23-22+. The number of benzene rings is 3. The second-order valence-corrected chi connectivity index (χ2v) is 9.60. The van der Waals surface area contributed by atoms with Crippen LogP contribution in [0.5, 0.6) is 5.75 Å². The van der Waals surface area contributed by atoms with Crippen molar-refractivity contribution in [2.75, 3.05) is 5.32 Å². The summed E-state index contributed by atoms with van der Waals surface area (Å²) in [5.41, 5.74) is -2.12. The molecule has 0 aliphatic carbocycles. The largest absolute Gasteiger partial charge is 0.507 e. The van der Waals surface area contributed by atoms with Gasteiger partial charge in [0.2, 0.25) is 5.91 Å². The van der Waals surface area contributed by atoms with Gasteiger partial charge in [-0.1, -0.05) is 11.6 Å². The maximum absolute atomic E-state index is 11.9. The second kappa shape index (κ2) is 9.17. The number of halogens is 2. The van der Waals surface area contributed by atoms with E-state index in [0.29, 0.717) is 6.07 Å². The predicted octanol–water partition coefficient (Wildman–Crippen LogP) is 5.32. The number of hydrogen-bond acceptors (Lipinski definition) is 10. The lowest BCUT2D eigenvalue weighted by molar-refractivity contribution is -0.393. The SMILES string of the molecule is CC(=O)Nc1cc(S(=O)(=O)Cl)cc2c(/N=N/c3c(Cl)cc([N+](=O)[O-])cc3[N+](=O)[O-])ccc(O)c12. The van der Waals surface area contributed by atoms with Gasteiger partial charge in [0.05, 0.1) is 37.2 Å². The van der Waals surface area contributed by atoms with Gasteiger partial charge in [-0.15, -0.1) is 10.2 Å². The molecule has 16 heteroatoms. The number of aromatic hydroxyl groups is 1. The monoisotopic (exact) mass is 527 g/mol. The smallest absolute Gasteiger partial charge is 0.305 e. The fraction of sp³-hybridized carbons (Fsp3) is 0.0556. The van der Waals surface area contributed by atoms with Crippen LogP contribution in [0.2, 0.25) is 5.02 Å². The van der Waals surface area contributed by atoms with Crippen LogP contribution in [0.3, 0.4) is 0 Å². The van der Waals surface area contributed by atoms with Gasteiger partial charge in [-0.05, 0) is 24.3 Å².